The molecule has 0 radical (unpaired) electrons. The Labute approximate surface area is 202 Å². The second kappa shape index (κ2) is 12.7. The molecule has 0 amide bonds. The minimum Gasteiger partial charge on any atom is -0.395 e. The number of nitrogens with zero attached hydrogens (tertiary/aromatic N) is 2. The van der Waals surface area contributed by atoms with Gasteiger partial charge in [0, 0.05) is 49.7 Å². The Morgan fingerprint density at radius 2 is 1.09 bits per heavy atom. The van der Waals surface area contributed by atoms with Crippen molar-refractivity contribution in [2.75, 3.05) is 50.2 Å². The maximum atomic E-state index is 12.7. The van der Waals surface area contributed by atoms with E-state index in [4.69, 9.17) is 10.2 Å². The number of ketones is 1. The minimum atomic E-state index is 0.122. The Morgan fingerprint density at radius 3 is 1.44 bits per heavy atom. The van der Waals surface area contributed by atoms with Crippen molar-refractivity contribution in [1.82, 2.24) is 0 Å². The van der Waals surface area contributed by atoms with Crippen molar-refractivity contribution in [3.05, 3.63) is 95.1 Å². The fourth-order valence-electron chi connectivity index (χ4n) is 3.81. The summed E-state index contributed by atoms with van der Waals surface area (Å²) in [7, 11) is 3.90. The molecular weight excluding hydrogens is 424 g/mol. The van der Waals surface area contributed by atoms with E-state index in [0.29, 0.717) is 13.1 Å². The van der Waals surface area contributed by atoms with Gasteiger partial charge in [0.25, 0.3) is 0 Å². The molecule has 0 aliphatic heterocycles. The number of anilines is 2. The van der Waals surface area contributed by atoms with Crippen LogP contribution in [0, 0.1) is 0 Å². The zero-order chi connectivity index (χ0) is 24.3. The maximum absolute atomic E-state index is 12.7. The lowest BCUT2D eigenvalue weighted by Crippen LogP contribution is -2.20. The lowest BCUT2D eigenvalue weighted by atomic mass is 10.1. The summed E-state index contributed by atoms with van der Waals surface area (Å²) in [5.41, 5.74) is 5.93. The molecule has 0 unspecified atom stereocenters. The number of rotatable bonds is 10. The van der Waals surface area contributed by atoms with Gasteiger partial charge in [0.1, 0.15) is 0 Å². The van der Waals surface area contributed by atoms with E-state index in [2.05, 4.69) is 0 Å². The number of carbonyl (C=O) groups is 1. The second-order valence-electron chi connectivity index (χ2n) is 8.40. The molecule has 0 aromatic heterocycles. The first kappa shape index (κ1) is 25.2. The van der Waals surface area contributed by atoms with E-state index in [9.17, 15) is 4.79 Å². The van der Waals surface area contributed by atoms with Crippen molar-refractivity contribution >= 4 is 29.3 Å². The summed E-state index contributed by atoms with van der Waals surface area (Å²) < 4.78 is 0. The number of allylic oxidation sites excluding steroid dienone is 6. The molecule has 2 aromatic carbocycles. The summed E-state index contributed by atoms with van der Waals surface area (Å²) in [5.74, 6) is 0.122. The van der Waals surface area contributed by atoms with Gasteiger partial charge in [-0.3, -0.25) is 4.79 Å². The highest BCUT2D eigenvalue weighted by Crippen LogP contribution is 2.26. The molecule has 178 valence electrons. The first-order valence-electron chi connectivity index (χ1n) is 11.6. The fourth-order valence-corrected chi connectivity index (χ4v) is 3.81. The molecule has 2 aromatic rings. The number of hydrogen-bond donors (Lipinski definition) is 2. The average molecular weight is 459 g/mol. The summed E-state index contributed by atoms with van der Waals surface area (Å²) in [4.78, 5) is 16.7. The van der Waals surface area contributed by atoms with E-state index in [1.807, 2.05) is 109 Å². The Hall–Kier alpha value is -3.41. The lowest BCUT2D eigenvalue weighted by Gasteiger charge is -2.17. The molecule has 34 heavy (non-hydrogen) atoms. The van der Waals surface area contributed by atoms with Crippen LogP contribution in [0.4, 0.5) is 11.4 Å². The Kier molecular flexibility index (Phi) is 9.44. The van der Waals surface area contributed by atoms with Gasteiger partial charge in [-0.25, -0.2) is 0 Å². The van der Waals surface area contributed by atoms with Gasteiger partial charge in [-0.2, -0.15) is 0 Å². The normalized spacial score (nSPS) is 16.4. The van der Waals surface area contributed by atoms with Crippen LogP contribution in [0.3, 0.4) is 0 Å². The number of likely N-dealkylation sites (N-methyl/N-ethyl adjacent to an activating group) is 2. The largest absolute Gasteiger partial charge is 0.395 e. The first-order valence-corrected chi connectivity index (χ1v) is 11.6. The molecule has 5 heteroatoms. The molecule has 2 N–H and O–H groups in total. The predicted octanol–water partition coefficient (Wildman–Crippen LogP) is 4.49. The van der Waals surface area contributed by atoms with E-state index in [-0.39, 0.29) is 19.0 Å². The molecule has 0 heterocycles. The molecule has 1 aliphatic carbocycles. The van der Waals surface area contributed by atoms with Crippen LogP contribution in [-0.4, -0.2) is 56.4 Å². The van der Waals surface area contributed by atoms with Crippen molar-refractivity contribution in [3.8, 4) is 0 Å². The SMILES string of the molecule is CN(CCO)c1ccc(/C=C/C=C2\CC/C(=C\C=C\c3ccc(N(C)CCO)cc3)C2=O)cc1. The van der Waals surface area contributed by atoms with E-state index in [1.54, 1.807) is 0 Å². The first-order chi connectivity index (χ1) is 16.5. The van der Waals surface area contributed by atoms with E-state index in [0.717, 1.165) is 46.5 Å². The van der Waals surface area contributed by atoms with Crippen LogP contribution in [0.1, 0.15) is 24.0 Å². The maximum Gasteiger partial charge on any atom is 0.185 e. The third-order valence-electron chi connectivity index (χ3n) is 5.96. The van der Waals surface area contributed by atoms with Crippen molar-refractivity contribution in [2.45, 2.75) is 12.8 Å². The van der Waals surface area contributed by atoms with E-state index in [1.165, 1.54) is 0 Å². The van der Waals surface area contributed by atoms with Crippen LogP contribution in [0.25, 0.3) is 12.2 Å². The van der Waals surface area contributed by atoms with Gasteiger partial charge in [0.2, 0.25) is 0 Å². The van der Waals surface area contributed by atoms with Crippen molar-refractivity contribution in [2.24, 2.45) is 0 Å². The highest BCUT2D eigenvalue weighted by Gasteiger charge is 2.21. The van der Waals surface area contributed by atoms with Gasteiger partial charge < -0.3 is 20.0 Å². The van der Waals surface area contributed by atoms with Gasteiger partial charge in [-0.1, -0.05) is 60.7 Å². The number of hydrogen-bond acceptors (Lipinski definition) is 5. The van der Waals surface area contributed by atoms with Gasteiger partial charge in [0.05, 0.1) is 13.2 Å². The second-order valence-corrected chi connectivity index (χ2v) is 8.40. The Morgan fingerprint density at radius 1 is 0.706 bits per heavy atom. The molecule has 1 fully saturated rings. The summed E-state index contributed by atoms with van der Waals surface area (Å²) in [6.45, 7) is 1.46. The zero-order valence-electron chi connectivity index (χ0n) is 20.0. The Bertz CT molecular complexity index is 978. The van der Waals surface area contributed by atoms with Crippen LogP contribution in [0.15, 0.2) is 84.0 Å². The topological polar surface area (TPSA) is 64.0 Å². The molecule has 0 saturated heterocycles. The van der Waals surface area contributed by atoms with Crippen LogP contribution < -0.4 is 9.80 Å². The lowest BCUT2D eigenvalue weighted by molar-refractivity contribution is -0.111. The predicted molar refractivity (Wildman–Crippen MR) is 142 cm³/mol. The molecule has 5 nitrogen and oxygen atoms in total. The van der Waals surface area contributed by atoms with Crippen LogP contribution in [0.2, 0.25) is 0 Å². The summed E-state index contributed by atoms with van der Waals surface area (Å²) in [6, 6.07) is 16.2. The highest BCUT2D eigenvalue weighted by atomic mass is 16.3. The molecular formula is C29H34N2O3. The fraction of sp³-hybridized carbons (Fsp3) is 0.276. The third-order valence-corrected chi connectivity index (χ3v) is 5.96. The zero-order valence-corrected chi connectivity index (χ0v) is 20.0. The number of Topliss-reactive ketones (excluding diaryl/α,β-unsaturated/α-hetero) is 1. The standard InChI is InChI=1S/C29H34N2O3/c1-30(19-21-32)27-15-9-23(10-16-27)5-3-7-25-13-14-26(29(25)34)8-4-6-24-11-17-28(18-12-24)31(2)20-22-33/h3-12,15-18,32-33H,13-14,19-22H2,1-2H3/b5-3+,6-4+,25-7+,26-8+. The molecule has 0 atom stereocenters. The van der Waals surface area contributed by atoms with Gasteiger partial charge >= 0.3 is 0 Å². The van der Waals surface area contributed by atoms with E-state index < -0.39 is 0 Å². The molecule has 0 bridgehead atoms. The van der Waals surface area contributed by atoms with E-state index >= 15 is 0 Å². The number of benzene rings is 2. The number of carbonyl (C=O) groups excluding carboxylic acids is 1. The van der Waals surface area contributed by atoms with Gasteiger partial charge in [0.15, 0.2) is 5.78 Å². The van der Waals surface area contributed by atoms with Gasteiger partial charge in [-0.15, -0.1) is 0 Å². The highest BCUT2D eigenvalue weighted by molar-refractivity contribution is 6.11. The quantitative estimate of drug-likeness (QED) is 0.514. The van der Waals surface area contributed by atoms with Crippen LogP contribution in [-0.2, 0) is 4.79 Å². The summed E-state index contributed by atoms with van der Waals surface area (Å²) >= 11 is 0. The van der Waals surface area contributed by atoms with Crippen LogP contribution in [0.5, 0.6) is 0 Å². The number of aliphatic hydroxyl groups is 2. The summed E-state index contributed by atoms with van der Waals surface area (Å²) in [6.07, 6.45) is 13.2. The molecule has 1 aliphatic rings. The van der Waals surface area contributed by atoms with Crippen LogP contribution >= 0.6 is 0 Å². The molecule has 0 spiro atoms. The molecule has 3 rings (SSSR count). The minimum absolute atomic E-state index is 0.122. The summed E-state index contributed by atoms with van der Waals surface area (Å²) in [5, 5.41) is 18.1. The Balaban J connectivity index is 1.56. The third kappa shape index (κ3) is 7.04. The van der Waals surface area contributed by atoms with Crippen molar-refractivity contribution < 1.29 is 15.0 Å². The smallest absolute Gasteiger partial charge is 0.185 e. The van der Waals surface area contributed by atoms with Crippen molar-refractivity contribution in [3.63, 3.8) is 0 Å². The van der Waals surface area contributed by atoms with Gasteiger partial charge in [-0.05, 0) is 48.2 Å². The monoisotopic (exact) mass is 458 g/mol. The molecule has 1 saturated carbocycles. The number of aliphatic hydroxyl groups excluding tert-OH is 2. The van der Waals surface area contributed by atoms with Crippen molar-refractivity contribution in [1.29, 1.82) is 0 Å². The average Bonchev–Trinajstić information content (AvgIpc) is 3.19.